The monoisotopic (exact) mass is 471 g/mol. The van der Waals surface area contributed by atoms with E-state index in [0.717, 1.165) is 5.56 Å². The Hall–Kier alpha value is -2.98. The number of fused-ring (bicyclic) bond motifs is 1. The van der Waals surface area contributed by atoms with Crippen molar-refractivity contribution in [2.24, 2.45) is 4.99 Å². The van der Waals surface area contributed by atoms with Gasteiger partial charge in [-0.1, -0.05) is 6.07 Å². The summed E-state index contributed by atoms with van der Waals surface area (Å²) in [7, 11) is 0. The Kier molecular flexibility index (Phi) is 6.03. The number of nitrogens with one attached hydrogen (secondary N) is 1. The van der Waals surface area contributed by atoms with Crippen molar-refractivity contribution >= 4 is 17.4 Å². The van der Waals surface area contributed by atoms with Crippen molar-refractivity contribution in [1.82, 2.24) is 14.9 Å². The molecule has 3 N–H and O–H groups in total. The summed E-state index contributed by atoms with van der Waals surface area (Å²) in [4.78, 5) is 28.0. The number of carbonyl (C=O) groups excluding carboxylic acids is 1. The number of amides is 1. The van der Waals surface area contributed by atoms with Crippen molar-refractivity contribution in [3.8, 4) is 0 Å². The summed E-state index contributed by atoms with van der Waals surface area (Å²) in [5, 5.41) is 23.4. The molecule has 1 amide bonds. The maximum absolute atomic E-state index is 14.5. The van der Waals surface area contributed by atoms with Crippen LogP contribution in [0.25, 0.3) is 0 Å². The SMILES string of the molecule is Cc1ccc(F)cc1[C@H]1C[C@H](F)CN1C(=O)C1=NCc2ncnc(N[C@@H]3CC[C@@H](O)C[C@H]3O)c21. The number of aliphatic hydroxyl groups is 2. The lowest BCUT2D eigenvalue weighted by Gasteiger charge is -2.32. The van der Waals surface area contributed by atoms with Crippen LogP contribution in [-0.2, 0) is 11.3 Å². The quantitative estimate of drug-likeness (QED) is 0.631. The van der Waals surface area contributed by atoms with Gasteiger partial charge in [-0.3, -0.25) is 9.79 Å². The number of rotatable bonds is 4. The van der Waals surface area contributed by atoms with E-state index in [0.29, 0.717) is 35.5 Å². The van der Waals surface area contributed by atoms with Crippen LogP contribution >= 0.6 is 0 Å². The van der Waals surface area contributed by atoms with E-state index < -0.39 is 36.1 Å². The van der Waals surface area contributed by atoms with Crippen molar-refractivity contribution in [3.63, 3.8) is 0 Å². The van der Waals surface area contributed by atoms with Crippen molar-refractivity contribution in [2.45, 2.75) is 69.6 Å². The molecule has 3 aliphatic rings. The summed E-state index contributed by atoms with van der Waals surface area (Å²) >= 11 is 0. The van der Waals surface area contributed by atoms with Crippen LogP contribution < -0.4 is 5.32 Å². The van der Waals surface area contributed by atoms with Crippen molar-refractivity contribution in [3.05, 3.63) is 52.7 Å². The Morgan fingerprint density at radius 1 is 1.21 bits per heavy atom. The van der Waals surface area contributed by atoms with Crippen LogP contribution in [0.3, 0.4) is 0 Å². The van der Waals surface area contributed by atoms with Gasteiger partial charge in [0.2, 0.25) is 0 Å². The van der Waals surface area contributed by atoms with Crippen molar-refractivity contribution in [2.75, 3.05) is 11.9 Å². The van der Waals surface area contributed by atoms with Crippen molar-refractivity contribution in [1.29, 1.82) is 0 Å². The van der Waals surface area contributed by atoms with E-state index in [1.165, 1.54) is 23.4 Å². The lowest BCUT2D eigenvalue weighted by atomic mass is 9.90. The molecular formula is C24H27F2N5O3. The van der Waals surface area contributed by atoms with Gasteiger partial charge in [-0.2, -0.15) is 0 Å². The smallest absolute Gasteiger partial charge is 0.273 e. The highest BCUT2D eigenvalue weighted by atomic mass is 19.1. The van der Waals surface area contributed by atoms with E-state index >= 15 is 0 Å². The first-order valence-electron chi connectivity index (χ1n) is 11.5. The zero-order valence-electron chi connectivity index (χ0n) is 18.8. The average Bonchev–Trinajstić information content (AvgIpc) is 3.41. The Labute approximate surface area is 195 Å². The highest BCUT2D eigenvalue weighted by Crippen LogP contribution is 2.37. The summed E-state index contributed by atoms with van der Waals surface area (Å²) in [6.45, 7) is 1.90. The average molecular weight is 472 g/mol. The fourth-order valence-corrected chi connectivity index (χ4v) is 5.19. The number of aryl methyl sites for hydroxylation is 1. The summed E-state index contributed by atoms with van der Waals surface area (Å²) in [6.07, 6.45) is 0.259. The lowest BCUT2D eigenvalue weighted by Crippen LogP contribution is -2.42. The third-order valence-corrected chi connectivity index (χ3v) is 6.97. The summed E-state index contributed by atoms with van der Waals surface area (Å²) in [6, 6.07) is 3.39. The molecule has 1 saturated heterocycles. The van der Waals surface area contributed by atoms with E-state index in [1.807, 2.05) is 6.92 Å². The number of hydrogen-bond acceptors (Lipinski definition) is 7. The van der Waals surface area contributed by atoms with Gasteiger partial charge in [0.1, 0.15) is 29.8 Å². The minimum atomic E-state index is -1.23. The second-order valence-corrected chi connectivity index (χ2v) is 9.30. The first-order chi connectivity index (χ1) is 16.3. The molecule has 2 aromatic rings. The molecule has 180 valence electrons. The number of aliphatic imine (C=N–C) groups is 1. The molecule has 0 radical (unpaired) electrons. The highest BCUT2D eigenvalue weighted by molar-refractivity contribution is 6.47. The van der Waals surface area contributed by atoms with E-state index in [1.54, 1.807) is 6.07 Å². The van der Waals surface area contributed by atoms with Gasteiger partial charge in [-0.25, -0.2) is 18.7 Å². The van der Waals surface area contributed by atoms with Crippen LogP contribution in [0.2, 0.25) is 0 Å². The van der Waals surface area contributed by atoms with Crippen LogP contribution in [0.5, 0.6) is 0 Å². The minimum Gasteiger partial charge on any atom is -0.393 e. The molecule has 0 spiro atoms. The van der Waals surface area contributed by atoms with Gasteiger partial charge < -0.3 is 20.4 Å². The number of aliphatic hydroxyl groups excluding tert-OH is 2. The Morgan fingerprint density at radius 2 is 2.03 bits per heavy atom. The number of halogens is 2. The molecule has 10 heteroatoms. The van der Waals surface area contributed by atoms with Crippen LogP contribution in [-0.4, -0.2) is 67.7 Å². The van der Waals surface area contributed by atoms with Crippen molar-refractivity contribution < 1.29 is 23.8 Å². The molecular weight excluding hydrogens is 444 g/mol. The summed E-state index contributed by atoms with van der Waals surface area (Å²) < 4.78 is 28.5. The van der Waals surface area contributed by atoms with Gasteiger partial charge in [-0.15, -0.1) is 0 Å². The number of aromatic nitrogens is 2. The lowest BCUT2D eigenvalue weighted by molar-refractivity contribution is -0.125. The fraction of sp³-hybridized carbons (Fsp3) is 0.500. The number of nitrogens with zero attached hydrogens (tertiary/aromatic N) is 4. The molecule has 1 aromatic heterocycles. The number of alkyl halides is 1. The largest absolute Gasteiger partial charge is 0.393 e. The Bertz CT molecular complexity index is 1140. The highest BCUT2D eigenvalue weighted by Gasteiger charge is 2.41. The molecule has 2 aliphatic heterocycles. The molecule has 34 heavy (non-hydrogen) atoms. The van der Waals surface area contributed by atoms with Gasteiger partial charge in [0, 0.05) is 12.8 Å². The molecule has 0 bridgehead atoms. The molecule has 1 saturated carbocycles. The summed E-state index contributed by atoms with van der Waals surface area (Å²) in [5.41, 5.74) is 2.52. The first-order valence-corrected chi connectivity index (χ1v) is 11.5. The minimum absolute atomic E-state index is 0.0865. The Balaban J connectivity index is 1.44. The number of benzene rings is 1. The topological polar surface area (TPSA) is 111 Å². The number of likely N-dealkylation sites (tertiary alicyclic amines) is 1. The van der Waals surface area contributed by atoms with Crippen LogP contribution in [0.1, 0.15) is 54.1 Å². The molecule has 0 unspecified atom stereocenters. The predicted octanol–water partition coefficient (Wildman–Crippen LogP) is 2.22. The third-order valence-electron chi connectivity index (χ3n) is 6.97. The van der Waals surface area contributed by atoms with Gasteiger partial charge in [0.25, 0.3) is 5.91 Å². The molecule has 1 aromatic carbocycles. The normalized spacial score (nSPS) is 28.6. The van der Waals surface area contributed by atoms with E-state index in [4.69, 9.17) is 0 Å². The van der Waals surface area contributed by atoms with Gasteiger partial charge in [0.05, 0.1) is 48.6 Å². The predicted molar refractivity (Wildman–Crippen MR) is 121 cm³/mol. The van der Waals surface area contributed by atoms with Gasteiger partial charge in [0.15, 0.2) is 0 Å². The standard InChI is InChI=1S/C24H27F2N5O3/c1-12-2-3-13(25)6-16(12)19-7-14(26)10-31(19)24(34)22-21-18(9-27-22)28-11-29-23(21)30-17-5-4-15(32)8-20(17)33/h2-3,6,11,14-15,17,19-20,32-33H,4-5,7-10H2,1H3,(H,28,29,30)/t14-,15+,17+,19+,20+/m0/s1. The zero-order chi connectivity index (χ0) is 24.0. The molecule has 5 atom stereocenters. The maximum Gasteiger partial charge on any atom is 0.273 e. The first kappa shape index (κ1) is 22.8. The number of carbonyl (C=O) groups is 1. The van der Waals surface area contributed by atoms with E-state index in [9.17, 15) is 23.8 Å². The molecule has 3 heterocycles. The zero-order valence-corrected chi connectivity index (χ0v) is 18.8. The molecule has 8 nitrogen and oxygen atoms in total. The second-order valence-electron chi connectivity index (χ2n) is 9.30. The number of anilines is 1. The second kappa shape index (κ2) is 8.99. The molecule has 2 fully saturated rings. The molecule has 1 aliphatic carbocycles. The van der Waals surface area contributed by atoms with Gasteiger partial charge >= 0.3 is 0 Å². The van der Waals surface area contributed by atoms with Crippen LogP contribution in [0.4, 0.5) is 14.6 Å². The van der Waals surface area contributed by atoms with Crippen LogP contribution in [0, 0.1) is 12.7 Å². The maximum atomic E-state index is 14.5. The third kappa shape index (κ3) is 4.16. The van der Waals surface area contributed by atoms with E-state index in [2.05, 4.69) is 20.3 Å². The fourth-order valence-electron chi connectivity index (χ4n) is 5.19. The van der Waals surface area contributed by atoms with Crippen LogP contribution in [0.15, 0.2) is 29.5 Å². The van der Waals surface area contributed by atoms with Gasteiger partial charge in [-0.05, 0) is 43.0 Å². The van der Waals surface area contributed by atoms with E-state index in [-0.39, 0.29) is 37.7 Å². The molecule has 5 rings (SSSR count). The summed E-state index contributed by atoms with van der Waals surface area (Å²) in [5.74, 6) is -0.510. The Morgan fingerprint density at radius 3 is 2.82 bits per heavy atom. The number of hydrogen-bond donors (Lipinski definition) is 3.